The van der Waals surface area contributed by atoms with E-state index in [0.29, 0.717) is 63.2 Å². The van der Waals surface area contributed by atoms with Gasteiger partial charge in [0.15, 0.2) is 22.8 Å². The maximum absolute atomic E-state index is 15.3. The Kier molecular flexibility index (Phi) is 6.19. The molecule has 1 aromatic carbocycles. The second-order valence-electron chi connectivity index (χ2n) is 10.6. The number of aryl methyl sites for hydroxylation is 1. The molecule has 3 aromatic heterocycles. The van der Waals surface area contributed by atoms with E-state index in [1.54, 1.807) is 6.07 Å². The molecule has 7 rings (SSSR count). The van der Waals surface area contributed by atoms with Gasteiger partial charge in [-0.25, -0.2) is 19.3 Å². The number of morpholine rings is 1. The van der Waals surface area contributed by atoms with Crippen molar-refractivity contribution in [3.8, 4) is 11.4 Å². The molecule has 0 atom stereocenters. The minimum Gasteiger partial charge on any atom is -0.378 e. The molecule has 39 heavy (non-hydrogen) atoms. The second kappa shape index (κ2) is 9.87. The van der Waals surface area contributed by atoms with E-state index >= 15 is 4.39 Å². The van der Waals surface area contributed by atoms with Gasteiger partial charge in [-0.05, 0) is 38.0 Å². The zero-order chi connectivity index (χ0) is 26.5. The van der Waals surface area contributed by atoms with Gasteiger partial charge in [-0.3, -0.25) is 9.69 Å². The largest absolute Gasteiger partial charge is 0.378 e. The van der Waals surface area contributed by atoms with Crippen molar-refractivity contribution in [2.75, 3.05) is 50.8 Å². The summed E-state index contributed by atoms with van der Waals surface area (Å²) in [7, 11) is 0. The lowest BCUT2D eigenvalue weighted by Gasteiger charge is -2.42. The molecule has 0 saturated carbocycles. The molecular formula is C28H33FN8O2. The number of anilines is 1. The van der Waals surface area contributed by atoms with Crippen molar-refractivity contribution < 1.29 is 13.9 Å². The molecule has 204 valence electrons. The van der Waals surface area contributed by atoms with Crippen molar-refractivity contribution in [1.29, 1.82) is 0 Å². The number of nitrogens with one attached hydrogen (secondary N) is 1. The molecule has 10 nitrogen and oxygen atoms in total. The molecule has 0 spiro atoms. The van der Waals surface area contributed by atoms with E-state index in [2.05, 4.69) is 26.3 Å². The first-order valence-electron chi connectivity index (χ1n) is 14.0. The number of halogens is 1. The minimum absolute atomic E-state index is 0.290. The number of likely N-dealkylation sites (tertiary alicyclic amines) is 2. The van der Waals surface area contributed by atoms with Crippen molar-refractivity contribution >= 4 is 33.8 Å². The van der Waals surface area contributed by atoms with Crippen LogP contribution in [0.1, 0.15) is 32.0 Å². The molecule has 3 aliphatic rings. The van der Waals surface area contributed by atoms with E-state index in [0.717, 1.165) is 66.2 Å². The van der Waals surface area contributed by atoms with Gasteiger partial charge in [-0.15, -0.1) is 0 Å². The summed E-state index contributed by atoms with van der Waals surface area (Å²) in [5.74, 6) is 1.98. The molecule has 3 saturated heterocycles. The first-order chi connectivity index (χ1) is 19.1. The summed E-state index contributed by atoms with van der Waals surface area (Å²) in [4.78, 5) is 36.7. The highest BCUT2D eigenvalue weighted by Crippen LogP contribution is 2.34. The van der Waals surface area contributed by atoms with E-state index in [-0.39, 0.29) is 11.7 Å². The quantitative estimate of drug-likeness (QED) is 0.381. The molecule has 3 aliphatic heterocycles. The third-order valence-electron chi connectivity index (χ3n) is 8.44. The number of aromatic nitrogens is 5. The molecular weight excluding hydrogens is 499 g/mol. The number of nitrogens with zero attached hydrogens (tertiary/aromatic N) is 7. The summed E-state index contributed by atoms with van der Waals surface area (Å²) < 4.78 is 23.1. The van der Waals surface area contributed by atoms with Gasteiger partial charge in [0.2, 0.25) is 5.91 Å². The number of amides is 1. The van der Waals surface area contributed by atoms with Gasteiger partial charge < -0.3 is 24.1 Å². The van der Waals surface area contributed by atoms with Crippen LogP contribution in [0.15, 0.2) is 24.4 Å². The van der Waals surface area contributed by atoms with Crippen molar-refractivity contribution in [3.05, 3.63) is 36.0 Å². The van der Waals surface area contributed by atoms with E-state index in [1.807, 2.05) is 17.2 Å². The summed E-state index contributed by atoms with van der Waals surface area (Å²) in [5.41, 5.74) is 2.72. The van der Waals surface area contributed by atoms with Crippen LogP contribution in [0.25, 0.3) is 33.5 Å². The van der Waals surface area contributed by atoms with Gasteiger partial charge in [-0.1, -0.05) is 0 Å². The topological polar surface area (TPSA) is 95.4 Å². The zero-order valence-electron chi connectivity index (χ0n) is 22.2. The van der Waals surface area contributed by atoms with Gasteiger partial charge in [0.1, 0.15) is 11.6 Å². The molecule has 1 amide bonds. The maximum Gasteiger partial charge on any atom is 0.224 e. The predicted molar refractivity (Wildman–Crippen MR) is 146 cm³/mol. The van der Waals surface area contributed by atoms with Crippen molar-refractivity contribution in [3.63, 3.8) is 0 Å². The maximum atomic E-state index is 15.3. The van der Waals surface area contributed by atoms with Crippen LogP contribution in [0, 0.1) is 5.82 Å². The van der Waals surface area contributed by atoms with Crippen LogP contribution in [0.3, 0.4) is 0 Å². The monoisotopic (exact) mass is 532 g/mol. The molecule has 6 heterocycles. The van der Waals surface area contributed by atoms with Crippen LogP contribution in [0.5, 0.6) is 0 Å². The van der Waals surface area contributed by atoms with Crippen molar-refractivity contribution in [1.82, 2.24) is 34.3 Å². The van der Waals surface area contributed by atoms with Crippen LogP contribution in [0.2, 0.25) is 0 Å². The Morgan fingerprint density at radius 2 is 1.87 bits per heavy atom. The molecule has 0 unspecified atom stereocenters. The molecule has 0 bridgehead atoms. The zero-order valence-corrected chi connectivity index (χ0v) is 22.2. The van der Waals surface area contributed by atoms with E-state index in [4.69, 9.17) is 19.7 Å². The number of piperidine rings is 1. The van der Waals surface area contributed by atoms with Gasteiger partial charge in [-0.2, -0.15) is 0 Å². The Bertz CT molecular complexity index is 1530. The fourth-order valence-electron chi connectivity index (χ4n) is 6.23. The number of carbonyl (C=O) groups excluding carboxylic acids is 1. The number of fused-ring (bicyclic) bond motifs is 2. The number of hydrogen-bond donors (Lipinski definition) is 1. The van der Waals surface area contributed by atoms with E-state index < -0.39 is 0 Å². The number of benzene rings is 1. The Hall–Kier alpha value is -3.57. The van der Waals surface area contributed by atoms with Crippen LogP contribution in [-0.2, 0) is 22.6 Å². The number of imidazole rings is 1. The molecule has 4 aromatic rings. The summed E-state index contributed by atoms with van der Waals surface area (Å²) >= 11 is 0. The SMILES string of the molecule is CCn1c(CN2CCC(N3CCC3=O)CC2)nc2c(N3CCOCC3)nc(-c3c(F)ccc4[nH]ccc34)nc21. The van der Waals surface area contributed by atoms with Crippen LogP contribution in [-0.4, -0.2) is 92.2 Å². The molecule has 11 heteroatoms. The number of ether oxygens (including phenoxy) is 1. The highest BCUT2D eigenvalue weighted by molar-refractivity contribution is 5.95. The molecule has 0 radical (unpaired) electrons. The second-order valence-corrected chi connectivity index (χ2v) is 10.6. The van der Waals surface area contributed by atoms with Gasteiger partial charge in [0.05, 0.1) is 25.3 Å². The van der Waals surface area contributed by atoms with Crippen LogP contribution >= 0.6 is 0 Å². The summed E-state index contributed by atoms with van der Waals surface area (Å²) in [6.07, 6.45) is 4.48. The lowest BCUT2D eigenvalue weighted by atomic mass is 9.99. The standard InChI is InChI=1S/C28H33FN8O2/c1-2-36-22(17-34-10-6-18(7-11-34)37-12-8-23(37)38)31-25-27(35-13-15-39-16-14-35)32-26(33-28(25)36)24-19-5-9-30-21(19)4-3-20(24)29/h3-5,9,18,30H,2,6-8,10-17H2,1H3. The lowest BCUT2D eigenvalue weighted by molar-refractivity contribution is -0.144. The third-order valence-corrected chi connectivity index (χ3v) is 8.44. The van der Waals surface area contributed by atoms with Crippen molar-refractivity contribution in [2.45, 2.75) is 45.3 Å². The van der Waals surface area contributed by atoms with Crippen molar-refractivity contribution in [2.24, 2.45) is 0 Å². The first-order valence-corrected chi connectivity index (χ1v) is 14.0. The van der Waals surface area contributed by atoms with E-state index in [1.165, 1.54) is 6.07 Å². The number of carbonyl (C=O) groups is 1. The lowest BCUT2D eigenvalue weighted by Crippen LogP contribution is -2.53. The fraction of sp³-hybridized carbons (Fsp3) is 0.500. The molecule has 3 fully saturated rings. The van der Waals surface area contributed by atoms with Crippen LogP contribution < -0.4 is 4.90 Å². The number of H-pyrrole nitrogens is 1. The summed E-state index contributed by atoms with van der Waals surface area (Å²) in [6, 6.07) is 5.44. The Morgan fingerprint density at radius 1 is 1.05 bits per heavy atom. The Morgan fingerprint density at radius 3 is 2.59 bits per heavy atom. The highest BCUT2D eigenvalue weighted by Gasteiger charge is 2.33. The predicted octanol–water partition coefficient (Wildman–Crippen LogP) is 3.17. The minimum atomic E-state index is -0.347. The number of rotatable bonds is 6. The van der Waals surface area contributed by atoms with Gasteiger partial charge >= 0.3 is 0 Å². The Balaban J connectivity index is 1.28. The van der Waals surface area contributed by atoms with E-state index in [9.17, 15) is 4.79 Å². The number of hydrogen-bond acceptors (Lipinski definition) is 7. The Labute approximate surface area is 225 Å². The summed E-state index contributed by atoms with van der Waals surface area (Å²) in [6.45, 7) is 8.85. The fourth-order valence-corrected chi connectivity index (χ4v) is 6.23. The smallest absolute Gasteiger partial charge is 0.224 e. The molecule has 1 N–H and O–H groups in total. The average Bonchev–Trinajstić information content (AvgIpc) is 3.57. The number of aromatic amines is 1. The third kappa shape index (κ3) is 4.24. The molecule has 0 aliphatic carbocycles. The van der Waals surface area contributed by atoms with Gasteiger partial charge in [0.25, 0.3) is 0 Å². The highest BCUT2D eigenvalue weighted by atomic mass is 19.1. The normalized spacial score (nSPS) is 19.4. The van der Waals surface area contributed by atoms with Crippen LogP contribution in [0.4, 0.5) is 10.2 Å². The summed E-state index contributed by atoms with van der Waals surface area (Å²) in [5, 5.41) is 0.758. The first kappa shape index (κ1) is 24.5. The van der Waals surface area contributed by atoms with Gasteiger partial charge in [0, 0.05) is 68.8 Å². The number of β-lactam (4-membered cyclic amide) rings is 1. The average molecular weight is 533 g/mol.